The van der Waals surface area contributed by atoms with E-state index in [-0.39, 0.29) is 38.3 Å². The third kappa shape index (κ3) is 6.54. The molecule has 0 atom stereocenters. The summed E-state index contributed by atoms with van der Waals surface area (Å²) in [4.78, 5) is 37.1. The van der Waals surface area contributed by atoms with E-state index in [1.54, 1.807) is 30.3 Å². The number of benzene rings is 4. The molecule has 4 aromatic carbocycles. The second-order valence-electron chi connectivity index (χ2n) is 8.97. The molecule has 42 heavy (non-hydrogen) atoms. The van der Waals surface area contributed by atoms with Gasteiger partial charge in [0.2, 0.25) is 5.91 Å². The number of sulfonamides is 1. The van der Waals surface area contributed by atoms with Crippen molar-refractivity contribution < 1.29 is 27.7 Å². The number of hydrogen-bond acceptors (Lipinski definition) is 7. The molecule has 1 N–H and O–H groups in total. The van der Waals surface area contributed by atoms with Crippen LogP contribution in [-0.4, -0.2) is 38.7 Å². The number of methoxy groups -OCH3 is 1. The van der Waals surface area contributed by atoms with Crippen molar-refractivity contribution in [3.8, 4) is 5.75 Å². The lowest BCUT2D eigenvalue weighted by Gasteiger charge is -2.26. The first-order valence-electron chi connectivity index (χ1n) is 12.2. The number of aryl methyl sites for hydroxylation is 1. The topological polar surface area (TPSA) is 136 Å². The molecule has 0 aliphatic rings. The van der Waals surface area contributed by atoms with Gasteiger partial charge in [0, 0.05) is 32.8 Å². The van der Waals surface area contributed by atoms with Crippen molar-refractivity contribution in [2.45, 2.75) is 11.8 Å². The van der Waals surface area contributed by atoms with Crippen molar-refractivity contribution in [3.63, 3.8) is 0 Å². The van der Waals surface area contributed by atoms with Crippen LogP contribution in [0.15, 0.2) is 89.8 Å². The van der Waals surface area contributed by atoms with Gasteiger partial charge in [-0.15, -0.1) is 0 Å². The zero-order chi connectivity index (χ0) is 30.6. The number of amides is 1. The minimum Gasteiger partial charge on any atom is -0.495 e. The van der Waals surface area contributed by atoms with Gasteiger partial charge in [0.15, 0.2) is 5.78 Å². The lowest BCUT2D eigenvalue weighted by Crippen LogP contribution is -2.38. The molecule has 13 heteroatoms. The van der Waals surface area contributed by atoms with Gasteiger partial charge in [-0.05, 0) is 49.4 Å². The van der Waals surface area contributed by atoms with Gasteiger partial charge in [-0.3, -0.25) is 24.0 Å². The molecule has 4 rings (SSSR count). The van der Waals surface area contributed by atoms with E-state index in [2.05, 4.69) is 5.32 Å². The standard InChI is InChI=1S/C29H23Cl2N3O7S/c1-18-8-11-22(16-25(18)34(37)38)42(39,40)33(26-15-21(31)10-13-27(26)41-2)17-28(35)32-24-12-9-20(30)14-23(24)29(36)19-6-4-3-5-7-19/h3-16H,17H2,1-2H3,(H,32,35). The minimum absolute atomic E-state index is 0.0730. The summed E-state index contributed by atoms with van der Waals surface area (Å²) < 4.78 is 34.0. The summed E-state index contributed by atoms with van der Waals surface area (Å²) in [7, 11) is -3.29. The molecule has 0 aromatic heterocycles. The molecule has 0 bridgehead atoms. The second-order valence-corrected chi connectivity index (χ2v) is 11.7. The van der Waals surface area contributed by atoms with Gasteiger partial charge in [0.25, 0.3) is 15.7 Å². The summed E-state index contributed by atoms with van der Waals surface area (Å²) in [6, 6.07) is 20.2. The molecular weight excluding hydrogens is 605 g/mol. The predicted molar refractivity (Wildman–Crippen MR) is 160 cm³/mol. The maximum atomic E-state index is 13.9. The fraction of sp³-hybridized carbons (Fsp3) is 0.103. The highest BCUT2D eigenvalue weighted by Gasteiger charge is 2.32. The zero-order valence-corrected chi connectivity index (χ0v) is 24.5. The number of carbonyl (C=O) groups excluding carboxylic acids is 2. The van der Waals surface area contributed by atoms with Gasteiger partial charge in [0.05, 0.1) is 28.3 Å². The van der Waals surface area contributed by atoms with Crippen LogP contribution in [0.5, 0.6) is 5.75 Å². The number of nitrogens with one attached hydrogen (secondary N) is 1. The van der Waals surface area contributed by atoms with Gasteiger partial charge < -0.3 is 10.1 Å². The third-order valence-corrected chi connectivity index (χ3v) is 8.42. The molecule has 216 valence electrons. The Labute approximate surface area is 251 Å². The highest BCUT2D eigenvalue weighted by Crippen LogP contribution is 2.36. The largest absolute Gasteiger partial charge is 0.495 e. The lowest BCUT2D eigenvalue weighted by molar-refractivity contribution is -0.385. The molecule has 0 spiro atoms. The molecule has 0 heterocycles. The molecule has 0 saturated heterocycles. The van der Waals surface area contributed by atoms with Crippen molar-refractivity contribution in [2.75, 3.05) is 23.3 Å². The molecular formula is C29H23Cl2N3O7S. The van der Waals surface area contributed by atoms with Crippen LogP contribution >= 0.6 is 23.2 Å². The van der Waals surface area contributed by atoms with Crippen LogP contribution in [0.2, 0.25) is 10.0 Å². The Bertz CT molecular complexity index is 1800. The maximum absolute atomic E-state index is 13.9. The number of rotatable bonds is 10. The van der Waals surface area contributed by atoms with E-state index in [4.69, 9.17) is 27.9 Å². The minimum atomic E-state index is -4.60. The van der Waals surface area contributed by atoms with Crippen molar-refractivity contribution in [3.05, 3.63) is 122 Å². The van der Waals surface area contributed by atoms with E-state index in [1.165, 1.54) is 62.6 Å². The molecule has 0 aliphatic heterocycles. The molecule has 1 amide bonds. The average Bonchev–Trinajstić information content (AvgIpc) is 2.96. The van der Waals surface area contributed by atoms with E-state index in [0.29, 0.717) is 5.56 Å². The third-order valence-electron chi connectivity index (χ3n) is 6.20. The molecule has 10 nitrogen and oxygen atoms in total. The molecule has 4 aromatic rings. The van der Waals surface area contributed by atoms with E-state index in [1.807, 2.05) is 0 Å². The Morgan fingerprint density at radius 3 is 2.29 bits per heavy atom. The lowest BCUT2D eigenvalue weighted by atomic mass is 10.0. The van der Waals surface area contributed by atoms with E-state index in [9.17, 15) is 28.1 Å². The fourth-order valence-corrected chi connectivity index (χ4v) is 5.89. The molecule has 0 saturated carbocycles. The van der Waals surface area contributed by atoms with Crippen molar-refractivity contribution in [1.29, 1.82) is 0 Å². The Hall–Kier alpha value is -4.45. The number of carbonyl (C=O) groups is 2. The van der Waals surface area contributed by atoms with Crippen LogP contribution in [0.25, 0.3) is 0 Å². The Morgan fingerprint density at radius 2 is 1.62 bits per heavy atom. The monoisotopic (exact) mass is 627 g/mol. The second kappa shape index (κ2) is 12.6. The fourth-order valence-electron chi connectivity index (χ4n) is 4.11. The number of anilines is 2. The molecule has 0 fully saturated rings. The molecule has 0 radical (unpaired) electrons. The van der Waals surface area contributed by atoms with E-state index < -0.39 is 43.8 Å². The predicted octanol–water partition coefficient (Wildman–Crippen LogP) is 6.28. The van der Waals surface area contributed by atoms with Gasteiger partial charge in [-0.1, -0.05) is 59.6 Å². The number of nitro groups is 1. The van der Waals surface area contributed by atoms with Gasteiger partial charge in [-0.25, -0.2) is 8.42 Å². The Kier molecular flexibility index (Phi) is 9.15. The first-order chi connectivity index (χ1) is 19.9. The number of nitrogens with zero attached hydrogens (tertiary/aromatic N) is 2. The van der Waals surface area contributed by atoms with E-state index >= 15 is 0 Å². The van der Waals surface area contributed by atoms with Crippen molar-refractivity contribution in [2.24, 2.45) is 0 Å². The van der Waals surface area contributed by atoms with Crippen LogP contribution in [0.4, 0.5) is 17.1 Å². The highest BCUT2D eigenvalue weighted by atomic mass is 35.5. The van der Waals surface area contributed by atoms with Crippen LogP contribution < -0.4 is 14.4 Å². The van der Waals surface area contributed by atoms with Crippen molar-refractivity contribution in [1.82, 2.24) is 0 Å². The van der Waals surface area contributed by atoms with Crippen LogP contribution in [0.3, 0.4) is 0 Å². The first-order valence-corrected chi connectivity index (χ1v) is 14.4. The highest BCUT2D eigenvalue weighted by molar-refractivity contribution is 7.92. The number of ketones is 1. The van der Waals surface area contributed by atoms with Gasteiger partial charge in [-0.2, -0.15) is 0 Å². The molecule has 0 unspecified atom stereocenters. The van der Waals surface area contributed by atoms with Crippen LogP contribution in [0, 0.1) is 17.0 Å². The summed E-state index contributed by atoms with van der Waals surface area (Å²) in [6.45, 7) is 0.669. The quantitative estimate of drug-likeness (QED) is 0.124. The summed E-state index contributed by atoms with van der Waals surface area (Å²) in [5, 5.41) is 14.5. The zero-order valence-electron chi connectivity index (χ0n) is 22.2. The number of hydrogen-bond donors (Lipinski definition) is 1. The number of halogens is 2. The summed E-state index contributed by atoms with van der Waals surface area (Å²) in [5.41, 5.74) is 0.292. The normalized spacial score (nSPS) is 11.0. The van der Waals surface area contributed by atoms with Crippen LogP contribution in [-0.2, 0) is 14.8 Å². The Morgan fingerprint density at radius 1 is 0.952 bits per heavy atom. The van der Waals surface area contributed by atoms with Crippen molar-refractivity contribution >= 4 is 62.0 Å². The summed E-state index contributed by atoms with van der Waals surface area (Å²) in [5.74, 6) is -1.17. The number of ether oxygens (including phenoxy) is 1. The first kappa shape index (κ1) is 30.5. The molecule has 0 aliphatic carbocycles. The summed E-state index contributed by atoms with van der Waals surface area (Å²) >= 11 is 12.3. The van der Waals surface area contributed by atoms with Crippen LogP contribution in [0.1, 0.15) is 21.5 Å². The number of nitro benzene ring substituents is 1. The Balaban J connectivity index is 1.77. The van der Waals surface area contributed by atoms with E-state index in [0.717, 1.165) is 10.4 Å². The SMILES string of the molecule is COc1ccc(Cl)cc1N(CC(=O)Nc1ccc(Cl)cc1C(=O)c1ccccc1)S(=O)(=O)c1ccc(C)c([N+](=O)[O-])c1. The smallest absolute Gasteiger partial charge is 0.273 e. The van der Waals surface area contributed by atoms with Gasteiger partial charge >= 0.3 is 0 Å². The maximum Gasteiger partial charge on any atom is 0.273 e. The summed E-state index contributed by atoms with van der Waals surface area (Å²) in [6.07, 6.45) is 0. The van der Waals surface area contributed by atoms with Gasteiger partial charge in [0.1, 0.15) is 12.3 Å². The average molecular weight is 628 g/mol.